The van der Waals surface area contributed by atoms with Crippen LogP contribution in [0.5, 0.6) is 0 Å². The average molecular weight is 494 g/mol. The van der Waals surface area contributed by atoms with Crippen molar-refractivity contribution in [2.24, 2.45) is 0 Å². The quantitative estimate of drug-likeness (QED) is 0.407. The predicted molar refractivity (Wildman–Crippen MR) is 144 cm³/mol. The molecule has 4 aromatic rings. The van der Waals surface area contributed by atoms with Gasteiger partial charge in [0.1, 0.15) is 0 Å². The molecule has 1 N–H and O–H groups in total. The monoisotopic (exact) mass is 493 g/mol. The van der Waals surface area contributed by atoms with Crippen LogP contribution in [0.4, 0.5) is 0 Å². The first-order valence-electron chi connectivity index (χ1n) is 12.6. The molecule has 37 heavy (non-hydrogen) atoms. The van der Waals surface area contributed by atoms with E-state index in [1.165, 1.54) is 0 Å². The SMILES string of the molecule is O=C(CN1CCN(C(=O)c2ccccc2-c2ccc(Cn3cccn3)cc2)CC1)NCc1ccccc1. The summed E-state index contributed by atoms with van der Waals surface area (Å²) in [6, 6.07) is 27.9. The molecule has 1 aliphatic heterocycles. The second-order valence-corrected chi connectivity index (χ2v) is 9.28. The second-order valence-electron chi connectivity index (χ2n) is 9.28. The van der Waals surface area contributed by atoms with E-state index in [0.29, 0.717) is 51.4 Å². The molecule has 1 saturated heterocycles. The fourth-order valence-corrected chi connectivity index (χ4v) is 4.63. The summed E-state index contributed by atoms with van der Waals surface area (Å²) in [4.78, 5) is 29.9. The first kappa shape index (κ1) is 24.5. The molecule has 0 bridgehead atoms. The van der Waals surface area contributed by atoms with Crippen molar-refractivity contribution in [3.05, 3.63) is 114 Å². The zero-order valence-corrected chi connectivity index (χ0v) is 20.8. The maximum absolute atomic E-state index is 13.5. The molecule has 3 aromatic carbocycles. The Morgan fingerprint density at radius 2 is 1.51 bits per heavy atom. The molecule has 2 heterocycles. The molecule has 0 aliphatic carbocycles. The smallest absolute Gasteiger partial charge is 0.254 e. The van der Waals surface area contributed by atoms with E-state index in [-0.39, 0.29) is 11.8 Å². The Labute approximate surface area is 217 Å². The lowest BCUT2D eigenvalue weighted by Crippen LogP contribution is -2.51. The topological polar surface area (TPSA) is 70.5 Å². The van der Waals surface area contributed by atoms with Crippen molar-refractivity contribution < 1.29 is 9.59 Å². The van der Waals surface area contributed by atoms with Gasteiger partial charge in [0, 0.05) is 50.7 Å². The van der Waals surface area contributed by atoms with Gasteiger partial charge in [-0.1, -0.05) is 72.8 Å². The normalized spacial score (nSPS) is 13.9. The van der Waals surface area contributed by atoms with E-state index in [9.17, 15) is 9.59 Å². The summed E-state index contributed by atoms with van der Waals surface area (Å²) in [6.45, 7) is 4.13. The highest BCUT2D eigenvalue weighted by atomic mass is 16.2. The minimum absolute atomic E-state index is 0.00461. The highest BCUT2D eigenvalue weighted by molar-refractivity contribution is 6.01. The number of benzene rings is 3. The number of amides is 2. The van der Waals surface area contributed by atoms with Gasteiger partial charge in [-0.05, 0) is 34.4 Å². The molecule has 5 rings (SSSR count). The Morgan fingerprint density at radius 3 is 2.24 bits per heavy atom. The first-order valence-corrected chi connectivity index (χ1v) is 12.6. The lowest BCUT2D eigenvalue weighted by Gasteiger charge is -2.34. The number of rotatable bonds is 8. The van der Waals surface area contributed by atoms with Crippen LogP contribution < -0.4 is 5.32 Å². The maximum Gasteiger partial charge on any atom is 0.254 e. The van der Waals surface area contributed by atoms with Crippen molar-refractivity contribution in [3.63, 3.8) is 0 Å². The fraction of sp³-hybridized carbons (Fsp3) is 0.233. The minimum Gasteiger partial charge on any atom is -0.351 e. The van der Waals surface area contributed by atoms with Gasteiger partial charge in [-0.2, -0.15) is 5.10 Å². The highest BCUT2D eigenvalue weighted by Crippen LogP contribution is 2.26. The predicted octanol–water partition coefficient (Wildman–Crippen LogP) is 3.67. The van der Waals surface area contributed by atoms with Gasteiger partial charge in [-0.3, -0.25) is 19.2 Å². The van der Waals surface area contributed by atoms with Gasteiger partial charge in [-0.25, -0.2) is 0 Å². The number of hydrogen-bond acceptors (Lipinski definition) is 4. The number of aromatic nitrogens is 2. The summed E-state index contributed by atoms with van der Waals surface area (Å²) in [7, 11) is 0. The number of nitrogens with one attached hydrogen (secondary N) is 1. The van der Waals surface area contributed by atoms with Crippen molar-refractivity contribution in [2.45, 2.75) is 13.1 Å². The van der Waals surface area contributed by atoms with E-state index in [1.807, 2.05) is 76.4 Å². The van der Waals surface area contributed by atoms with Crippen LogP contribution in [0.3, 0.4) is 0 Å². The minimum atomic E-state index is 0.00461. The van der Waals surface area contributed by atoms with Crippen LogP contribution in [0.25, 0.3) is 11.1 Å². The average Bonchev–Trinajstić information content (AvgIpc) is 3.46. The van der Waals surface area contributed by atoms with Crippen molar-refractivity contribution in [2.75, 3.05) is 32.7 Å². The fourth-order valence-electron chi connectivity index (χ4n) is 4.63. The first-order chi connectivity index (χ1) is 18.2. The number of hydrogen-bond donors (Lipinski definition) is 1. The molecule has 2 amide bonds. The van der Waals surface area contributed by atoms with Gasteiger partial charge in [0.05, 0.1) is 13.1 Å². The van der Waals surface area contributed by atoms with Gasteiger partial charge >= 0.3 is 0 Å². The van der Waals surface area contributed by atoms with E-state index in [1.54, 1.807) is 6.20 Å². The van der Waals surface area contributed by atoms with Crippen LogP contribution in [0.15, 0.2) is 97.3 Å². The maximum atomic E-state index is 13.5. The number of carbonyl (C=O) groups excluding carboxylic acids is 2. The number of piperazine rings is 1. The van der Waals surface area contributed by atoms with Crippen LogP contribution in [0.2, 0.25) is 0 Å². The molecule has 1 aliphatic rings. The number of carbonyl (C=O) groups is 2. The van der Waals surface area contributed by atoms with E-state index >= 15 is 0 Å². The summed E-state index contributed by atoms with van der Waals surface area (Å²) in [6.07, 6.45) is 3.72. The molecule has 0 saturated carbocycles. The van der Waals surface area contributed by atoms with Crippen molar-refractivity contribution in [1.29, 1.82) is 0 Å². The van der Waals surface area contributed by atoms with E-state index in [0.717, 1.165) is 22.3 Å². The Morgan fingerprint density at radius 1 is 0.784 bits per heavy atom. The van der Waals surface area contributed by atoms with E-state index in [2.05, 4.69) is 39.6 Å². The Balaban J connectivity index is 1.17. The molecule has 0 atom stereocenters. The summed E-state index contributed by atoms with van der Waals surface area (Å²) < 4.78 is 1.89. The van der Waals surface area contributed by atoms with Crippen LogP contribution >= 0.6 is 0 Å². The van der Waals surface area contributed by atoms with Gasteiger partial charge in [0.15, 0.2) is 0 Å². The molecule has 0 spiro atoms. The molecule has 0 unspecified atom stereocenters. The van der Waals surface area contributed by atoms with Crippen molar-refractivity contribution in [3.8, 4) is 11.1 Å². The van der Waals surface area contributed by atoms with Crippen LogP contribution in [0, 0.1) is 0 Å². The third-order valence-corrected chi connectivity index (χ3v) is 6.69. The standard InChI is InChI=1S/C30H31N5O2/c36-29(31-21-24-7-2-1-3-8-24)23-33-17-19-34(20-18-33)30(37)28-10-5-4-9-27(28)26-13-11-25(12-14-26)22-35-16-6-15-32-35/h1-16H,17-23H2,(H,31,36). The molecule has 0 radical (unpaired) electrons. The summed E-state index contributed by atoms with van der Waals surface area (Å²) in [5.74, 6) is 0.0365. The van der Waals surface area contributed by atoms with Crippen LogP contribution in [0.1, 0.15) is 21.5 Å². The molecule has 7 heteroatoms. The van der Waals surface area contributed by atoms with E-state index < -0.39 is 0 Å². The lowest BCUT2D eigenvalue weighted by molar-refractivity contribution is -0.122. The third kappa shape index (κ3) is 6.32. The zero-order valence-electron chi connectivity index (χ0n) is 20.8. The number of nitrogens with zero attached hydrogens (tertiary/aromatic N) is 4. The lowest BCUT2D eigenvalue weighted by atomic mass is 9.97. The molecular formula is C30H31N5O2. The van der Waals surface area contributed by atoms with E-state index in [4.69, 9.17) is 0 Å². The molecule has 1 aromatic heterocycles. The molecule has 7 nitrogen and oxygen atoms in total. The van der Waals surface area contributed by atoms with Crippen LogP contribution in [-0.2, 0) is 17.9 Å². The Bertz CT molecular complexity index is 1310. The summed E-state index contributed by atoms with van der Waals surface area (Å²) in [5, 5.41) is 7.25. The van der Waals surface area contributed by atoms with Crippen LogP contribution in [-0.4, -0.2) is 64.1 Å². The zero-order chi connectivity index (χ0) is 25.5. The second kappa shape index (κ2) is 11.7. The van der Waals surface area contributed by atoms with Gasteiger partial charge in [0.2, 0.25) is 5.91 Å². The molecule has 1 fully saturated rings. The van der Waals surface area contributed by atoms with Crippen molar-refractivity contribution >= 4 is 11.8 Å². The Hall–Kier alpha value is -4.23. The van der Waals surface area contributed by atoms with Gasteiger partial charge < -0.3 is 10.2 Å². The largest absolute Gasteiger partial charge is 0.351 e. The summed E-state index contributed by atoms with van der Waals surface area (Å²) >= 11 is 0. The third-order valence-electron chi connectivity index (χ3n) is 6.69. The molecule has 188 valence electrons. The Kier molecular flexibility index (Phi) is 7.72. The van der Waals surface area contributed by atoms with Gasteiger partial charge in [0.25, 0.3) is 5.91 Å². The van der Waals surface area contributed by atoms with Crippen molar-refractivity contribution in [1.82, 2.24) is 24.9 Å². The molecular weight excluding hydrogens is 462 g/mol. The highest BCUT2D eigenvalue weighted by Gasteiger charge is 2.25. The van der Waals surface area contributed by atoms with Gasteiger partial charge in [-0.15, -0.1) is 0 Å². The summed E-state index contributed by atoms with van der Waals surface area (Å²) in [5.41, 5.74) is 4.89.